The van der Waals surface area contributed by atoms with Gasteiger partial charge in [-0.1, -0.05) is 29.8 Å². The molecule has 1 atom stereocenters. The third-order valence-electron chi connectivity index (χ3n) is 3.84. The fourth-order valence-electron chi connectivity index (χ4n) is 2.45. The van der Waals surface area contributed by atoms with E-state index in [0.29, 0.717) is 29.8 Å². The molecular formula is C18H25ClN4O2. The standard InChI is InChI=1S/C18H25ClN4O2/c1-4-10-20-18(21-12-17(24)22(2)3)23-11-9-14(13-23)25-16-8-6-5-7-15(16)19/h4-8,14H,1,9-13H2,2-3H3,(H,20,21). The smallest absolute Gasteiger partial charge is 0.243 e. The van der Waals surface area contributed by atoms with Gasteiger partial charge in [0.05, 0.1) is 11.6 Å². The summed E-state index contributed by atoms with van der Waals surface area (Å²) in [6.07, 6.45) is 2.65. The number of amides is 1. The summed E-state index contributed by atoms with van der Waals surface area (Å²) in [6.45, 7) is 5.89. The Kier molecular flexibility index (Phi) is 7.13. The van der Waals surface area contributed by atoms with E-state index in [1.165, 1.54) is 4.90 Å². The van der Waals surface area contributed by atoms with Crippen molar-refractivity contribution in [3.8, 4) is 5.75 Å². The van der Waals surface area contributed by atoms with Crippen molar-refractivity contribution >= 4 is 23.5 Å². The minimum atomic E-state index is -0.0408. The van der Waals surface area contributed by atoms with Crippen LogP contribution in [0.5, 0.6) is 5.75 Å². The van der Waals surface area contributed by atoms with E-state index in [-0.39, 0.29) is 18.6 Å². The lowest BCUT2D eigenvalue weighted by Crippen LogP contribution is -2.41. The van der Waals surface area contributed by atoms with Crippen LogP contribution in [0.25, 0.3) is 0 Å². The van der Waals surface area contributed by atoms with Crippen molar-refractivity contribution in [2.75, 3.05) is 40.3 Å². The normalized spacial score (nSPS) is 17.3. The number of aliphatic imine (C=N–C) groups is 1. The van der Waals surface area contributed by atoms with Gasteiger partial charge in [0, 0.05) is 33.6 Å². The monoisotopic (exact) mass is 364 g/mol. The van der Waals surface area contributed by atoms with Gasteiger partial charge in [-0.25, -0.2) is 4.99 Å². The van der Waals surface area contributed by atoms with Crippen molar-refractivity contribution in [2.45, 2.75) is 12.5 Å². The molecule has 6 nitrogen and oxygen atoms in total. The maximum atomic E-state index is 11.8. The summed E-state index contributed by atoms with van der Waals surface area (Å²) in [5, 5.41) is 3.81. The molecular weight excluding hydrogens is 340 g/mol. The van der Waals surface area contributed by atoms with Crippen molar-refractivity contribution < 1.29 is 9.53 Å². The van der Waals surface area contributed by atoms with Crippen LogP contribution in [0.1, 0.15) is 6.42 Å². The lowest BCUT2D eigenvalue weighted by Gasteiger charge is -2.22. The van der Waals surface area contributed by atoms with Crippen LogP contribution in [0.3, 0.4) is 0 Å². The van der Waals surface area contributed by atoms with Gasteiger partial charge in [-0.3, -0.25) is 4.79 Å². The van der Waals surface area contributed by atoms with E-state index in [2.05, 4.69) is 21.8 Å². The van der Waals surface area contributed by atoms with E-state index in [9.17, 15) is 4.79 Å². The fraction of sp³-hybridized carbons (Fsp3) is 0.444. The molecule has 0 bridgehead atoms. The van der Waals surface area contributed by atoms with Gasteiger partial charge in [0.25, 0.3) is 0 Å². The number of likely N-dealkylation sites (tertiary alicyclic amines) is 1. The Labute approximate surface area is 154 Å². The predicted molar refractivity (Wildman–Crippen MR) is 101 cm³/mol. The van der Waals surface area contributed by atoms with Gasteiger partial charge in [-0.15, -0.1) is 6.58 Å². The number of halogens is 1. The number of carbonyl (C=O) groups is 1. The van der Waals surface area contributed by atoms with Crippen LogP contribution >= 0.6 is 11.6 Å². The highest BCUT2D eigenvalue weighted by atomic mass is 35.5. The maximum Gasteiger partial charge on any atom is 0.243 e. The average molecular weight is 365 g/mol. The van der Waals surface area contributed by atoms with Crippen molar-refractivity contribution in [1.29, 1.82) is 0 Å². The molecule has 0 aromatic heterocycles. The first-order chi connectivity index (χ1) is 12.0. The van der Waals surface area contributed by atoms with Crippen LogP contribution in [0.2, 0.25) is 5.02 Å². The number of nitrogens with zero attached hydrogens (tertiary/aromatic N) is 3. The Morgan fingerprint density at radius 1 is 1.52 bits per heavy atom. The Balaban J connectivity index is 1.99. The first kappa shape index (κ1) is 19.1. The number of guanidine groups is 1. The molecule has 0 saturated carbocycles. The van der Waals surface area contributed by atoms with Gasteiger partial charge in [0.1, 0.15) is 18.4 Å². The molecule has 136 valence electrons. The number of hydrogen-bond acceptors (Lipinski definition) is 3. The summed E-state index contributed by atoms with van der Waals surface area (Å²) in [7, 11) is 3.44. The first-order valence-electron chi connectivity index (χ1n) is 8.26. The van der Waals surface area contributed by atoms with Gasteiger partial charge in [-0.05, 0) is 12.1 Å². The zero-order valence-electron chi connectivity index (χ0n) is 14.7. The summed E-state index contributed by atoms with van der Waals surface area (Å²) in [4.78, 5) is 19.8. The van der Waals surface area contributed by atoms with E-state index in [1.807, 2.05) is 24.3 Å². The van der Waals surface area contributed by atoms with Gasteiger partial charge in [-0.2, -0.15) is 0 Å². The lowest BCUT2D eigenvalue weighted by atomic mass is 10.3. The molecule has 1 unspecified atom stereocenters. The number of hydrogen-bond donors (Lipinski definition) is 1. The molecule has 1 aromatic rings. The van der Waals surface area contributed by atoms with Crippen molar-refractivity contribution in [1.82, 2.24) is 15.1 Å². The van der Waals surface area contributed by atoms with Crippen LogP contribution in [0.4, 0.5) is 0 Å². The summed E-state index contributed by atoms with van der Waals surface area (Å²) in [5.74, 6) is 1.35. The minimum absolute atomic E-state index is 0.0279. The van der Waals surface area contributed by atoms with Crippen LogP contribution in [0, 0.1) is 0 Å². The summed E-state index contributed by atoms with van der Waals surface area (Å²) < 4.78 is 6.00. The minimum Gasteiger partial charge on any atom is -0.487 e. The molecule has 0 spiro atoms. The van der Waals surface area contributed by atoms with Crippen LogP contribution in [-0.4, -0.2) is 68.0 Å². The number of benzene rings is 1. The molecule has 1 N–H and O–H groups in total. The number of likely N-dealkylation sites (N-methyl/N-ethyl adjacent to an activating group) is 1. The second-order valence-corrected chi connectivity index (χ2v) is 6.41. The first-order valence-corrected chi connectivity index (χ1v) is 8.64. The third kappa shape index (κ3) is 5.67. The SMILES string of the molecule is C=CCNC(=NCC(=O)N(C)C)N1CCC(Oc2ccccc2Cl)C1. The predicted octanol–water partition coefficient (Wildman–Crippen LogP) is 2.01. The van der Waals surface area contributed by atoms with Gasteiger partial charge in [0.15, 0.2) is 5.96 Å². The van der Waals surface area contributed by atoms with Crippen molar-refractivity contribution in [3.63, 3.8) is 0 Å². The lowest BCUT2D eigenvalue weighted by molar-refractivity contribution is -0.127. The molecule has 1 fully saturated rings. The molecule has 0 radical (unpaired) electrons. The Morgan fingerprint density at radius 2 is 2.28 bits per heavy atom. The molecule has 0 aliphatic carbocycles. The van der Waals surface area contributed by atoms with Crippen LogP contribution in [-0.2, 0) is 4.79 Å². The second-order valence-electron chi connectivity index (χ2n) is 6.00. The molecule has 1 heterocycles. The van der Waals surface area contributed by atoms with Crippen LogP contribution in [0.15, 0.2) is 41.9 Å². The van der Waals surface area contributed by atoms with Crippen LogP contribution < -0.4 is 10.1 Å². The Morgan fingerprint density at radius 3 is 2.96 bits per heavy atom. The van der Waals surface area contributed by atoms with Gasteiger partial charge < -0.3 is 19.9 Å². The highest BCUT2D eigenvalue weighted by Crippen LogP contribution is 2.26. The molecule has 1 saturated heterocycles. The molecule has 1 aliphatic rings. The number of rotatable bonds is 6. The third-order valence-corrected chi connectivity index (χ3v) is 4.15. The van der Waals surface area contributed by atoms with Gasteiger partial charge >= 0.3 is 0 Å². The zero-order valence-corrected chi connectivity index (χ0v) is 15.5. The quantitative estimate of drug-likeness (QED) is 0.476. The number of nitrogens with one attached hydrogen (secondary N) is 1. The molecule has 1 amide bonds. The van der Waals surface area contributed by atoms with Gasteiger partial charge in [0.2, 0.25) is 5.91 Å². The zero-order chi connectivity index (χ0) is 18.2. The van der Waals surface area contributed by atoms with E-state index >= 15 is 0 Å². The molecule has 1 aromatic carbocycles. The summed E-state index contributed by atoms with van der Waals surface area (Å²) in [5.41, 5.74) is 0. The average Bonchev–Trinajstić information content (AvgIpc) is 3.05. The molecule has 1 aliphatic heterocycles. The van der Waals surface area contributed by atoms with E-state index in [0.717, 1.165) is 13.0 Å². The topological polar surface area (TPSA) is 57.2 Å². The fourth-order valence-corrected chi connectivity index (χ4v) is 2.63. The van der Waals surface area contributed by atoms with Crippen molar-refractivity contribution in [3.05, 3.63) is 41.9 Å². The molecule has 7 heteroatoms. The highest BCUT2D eigenvalue weighted by Gasteiger charge is 2.27. The number of carbonyl (C=O) groups excluding carboxylic acids is 1. The van der Waals surface area contributed by atoms with Crippen molar-refractivity contribution in [2.24, 2.45) is 4.99 Å². The van der Waals surface area contributed by atoms with E-state index in [1.54, 1.807) is 20.2 Å². The molecule has 2 rings (SSSR count). The summed E-state index contributed by atoms with van der Waals surface area (Å²) in [6, 6.07) is 7.46. The highest BCUT2D eigenvalue weighted by molar-refractivity contribution is 6.32. The maximum absolute atomic E-state index is 11.8. The Bertz CT molecular complexity index is 633. The Hall–Kier alpha value is -2.21. The van der Waals surface area contributed by atoms with E-state index < -0.39 is 0 Å². The van der Waals surface area contributed by atoms with E-state index in [4.69, 9.17) is 16.3 Å². The second kappa shape index (κ2) is 9.32. The number of ether oxygens (including phenoxy) is 1. The number of para-hydroxylation sites is 1. The summed E-state index contributed by atoms with van der Waals surface area (Å²) >= 11 is 6.16. The molecule has 25 heavy (non-hydrogen) atoms. The largest absolute Gasteiger partial charge is 0.487 e.